The highest BCUT2D eigenvalue weighted by atomic mass is 32.1. The standard InChI is InChI=1S/C17H26N2O2S.C2HF3O2/c1-12-4-5-15(22-12)8-19-7-14-11-21-10-13(16(14)9-19)6-17(20)18(2)3;3-2(4,5)1(6)7/h4-5,13-14,16H,6-11H2,1-3H3;(H,6,7)/t13-,14-,16+;/m1./s1. The Hall–Kier alpha value is -1.65. The molecule has 0 aromatic carbocycles. The molecule has 1 amide bonds. The number of halogens is 3. The van der Waals surface area contributed by atoms with Crippen LogP contribution < -0.4 is 0 Å². The van der Waals surface area contributed by atoms with E-state index < -0.39 is 12.1 Å². The highest BCUT2D eigenvalue weighted by Gasteiger charge is 2.41. The molecule has 1 N–H and O–H groups in total. The second kappa shape index (κ2) is 9.90. The van der Waals surface area contributed by atoms with Crippen molar-refractivity contribution in [2.24, 2.45) is 17.8 Å². The first-order valence-corrected chi connectivity index (χ1v) is 10.1. The fourth-order valence-electron chi connectivity index (χ4n) is 3.73. The van der Waals surface area contributed by atoms with Gasteiger partial charge in [-0.3, -0.25) is 9.69 Å². The summed E-state index contributed by atoms with van der Waals surface area (Å²) in [5, 5.41) is 7.12. The summed E-state index contributed by atoms with van der Waals surface area (Å²) in [7, 11) is 3.67. The summed E-state index contributed by atoms with van der Waals surface area (Å²) in [6.07, 6.45) is -4.46. The Balaban J connectivity index is 0.000000370. The minimum atomic E-state index is -5.08. The van der Waals surface area contributed by atoms with Crippen molar-refractivity contribution < 1.29 is 32.6 Å². The summed E-state index contributed by atoms with van der Waals surface area (Å²) >= 11 is 1.89. The van der Waals surface area contributed by atoms with Crippen LogP contribution in [0.1, 0.15) is 16.2 Å². The molecule has 0 unspecified atom stereocenters. The lowest BCUT2D eigenvalue weighted by molar-refractivity contribution is -0.192. The lowest BCUT2D eigenvalue weighted by Crippen LogP contribution is -2.38. The van der Waals surface area contributed by atoms with Gasteiger partial charge in [0.1, 0.15) is 0 Å². The van der Waals surface area contributed by atoms with E-state index in [2.05, 4.69) is 24.0 Å². The molecule has 164 valence electrons. The summed E-state index contributed by atoms with van der Waals surface area (Å²) in [6.45, 7) is 7.02. The van der Waals surface area contributed by atoms with Crippen LogP contribution in [0.4, 0.5) is 13.2 Å². The molecule has 10 heteroatoms. The van der Waals surface area contributed by atoms with Crippen molar-refractivity contribution >= 4 is 23.2 Å². The molecule has 1 aromatic rings. The Morgan fingerprint density at radius 3 is 2.45 bits per heavy atom. The van der Waals surface area contributed by atoms with Gasteiger partial charge in [0.25, 0.3) is 0 Å². The van der Waals surface area contributed by atoms with E-state index in [1.165, 1.54) is 9.75 Å². The van der Waals surface area contributed by atoms with E-state index in [9.17, 15) is 18.0 Å². The topological polar surface area (TPSA) is 70.1 Å². The average molecular weight is 436 g/mol. The van der Waals surface area contributed by atoms with Crippen molar-refractivity contribution in [3.63, 3.8) is 0 Å². The van der Waals surface area contributed by atoms with Gasteiger partial charge < -0.3 is 14.7 Å². The fraction of sp³-hybridized carbons (Fsp3) is 0.684. The van der Waals surface area contributed by atoms with Crippen LogP contribution in [0, 0.1) is 24.7 Å². The van der Waals surface area contributed by atoms with Crippen molar-refractivity contribution in [3.05, 3.63) is 21.9 Å². The Kier molecular flexibility index (Phi) is 8.07. The molecule has 2 saturated heterocycles. The monoisotopic (exact) mass is 436 g/mol. The highest BCUT2D eigenvalue weighted by molar-refractivity contribution is 7.11. The number of aryl methyl sites for hydroxylation is 1. The molecule has 0 radical (unpaired) electrons. The molecule has 6 nitrogen and oxygen atoms in total. The van der Waals surface area contributed by atoms with Crippen molar-refractivity contribution in [2.75, 3.05) is 40.4 Å². The Labute approximate surface area is 172 Å². The van der Waals surface area contributed by atoms with Gasteiger partial charge in [-0.15, -0.1) is 11.3 Å². The molecular weight excluding hydrogens is 409 g/mol. The van der Waals surface area contributed by atoms with Crippen LogP contribution in [0.5, 0.6) is 0 Å². The van der Waals surface area contributed by atoms with E-state index >= 15 is 0 Å². The summed E-state index contributed by atoms with van der Waals surface area (Å²) in [4.78, 5) is 28.0. The lowest BCUT2D eigenvalue weighted by atomic mass is 9.81. The number of fused-ring (bicyclic) bond motifs is 1. The van der Waals surface area contributed by atoms with Crippen LogP contribution in [0.25, 0.3) is 0 Å². The number of carbonyl (C=O) groups is 2. The van der Waals surface area contributed by atoms with Crippen LogP contribution in [0.2, 0.25) is 0 Å². The second-order valence-corrected chi connectivity index (χ2v) is 9.10. The third-order valence-electron chi connectivity index (χ3n) is 5.19. The number of thiophene rings is 1. The van der Waals surface area contributed by atoms with Gasteiger partial charge in [0.15, 0.2) is 0 Å². The smallest absolute Gasteiger partial charge is 0.475 e. The number of carboxylic acid groups (broad SMARTS) is 1. The number of likely N-dealkylation sites (tertiary alicyclic amines) is 1. The maximum atomic E-state index is 12.0. The summed E-state index contributed by atoms with van der Waals surface area (Å²) < 4.78 is 37.5. The number of amides is 1. The first-order chi connectivity index (χ1) is 13.5. The number of ether oxygens (including phenoxy) is 1. The quantitative estimate of drug-likeness (QED) is 0.786. The van der Waals surface area contributed by atoms with E-state index in [-0.39, 0.29) is 5.91 Å². The maximum absolute atomic E-state index is 12.0. The van der Waals surface area contributed by atoms with Crippen molar-refractivity contribution in [1.29, 1.82) is 0 Å². The van der Waals surface area contributed by atoms with Gasteiger partial charge in [0, 0.05) is 49.9 Å². The molecule has 1 aromatic heterocycles. The number of aliphatic carboxylic acids is 1. The predicted octanol–water partition coefficient (Wildman–Crippen LogP) is 2.86. The normalized spacial score (nSPS) is 24.4. The van der Waals surface area contributed by atoms with E-state index in [1.807, 2.05) is 25.4 Å². The van der Waals surface area contributed by atoms with Crippen LogP contribution in [-0.4, -0.2) is 73.4 Å². The molecule has 0 aliphatic carbocycles. The summed E-state index contributed by atoms with van der Waals surface area (Å²) in [6, 6.07) is 4.44. The summed E-state index contributed by atoms with van der Waals surface area (Å²) in [5.74, 6) is -0.953. The number of carboxylic acids is 1. The number of hydrogen-bond donors (Lipinski definition) is 1. The number of alkyl halides is 3. The molecule has 2 fully saturated rings. The van der Waals surface area contributed by atoms with Crippen LogP contribution in [0.3, 0.4) is 0 Å². The Morgan fingerprint density at radius 2 is 1.93 bits per heavy atom. The van der Waals surface area contributed by atoms with Gasteiger partial charge in [0.05, 0.1) is 13.2 Å². The summed E-state index contributed by atoms with van der Waals surface area (Å²) in [5.41, 5.74) is 0. The minimum absolute atomic E-state index is 0.224. The third kappa shape index (κ3) is 6.97. The molecule has 3 rings (SSSR count). The minimum Gasteiger partial charge on any atom is -0.475 e. The first kappa shape index (κ1) is 23.6. The largest absolute Gasteiger partial charge is 0.490 e. The molecular formula is C19H27F3N2O4S. The fourth-order valence-corrected chi connectivity index (χ4v) is 4.66. The van der Waals surface area contributed by atoms with E-state index in [1.54, 1.807) is 4.90 Å². The average Bonchev–Trinajstić information content (AvgIpc) is 3.20. The maximum Gasteiger partial charge on any atom is 0.490 e. The van der Waals surface area contributed by atoms with Gasteiger partial charge in [-0.1, -0.05) is 0 Å². The van der Waals surface area contributed by atoms with Gasteiger partial charge in [-0.25, -0.2) is 4.79 Å². The van der Waals surface area contributed by atoms with Crippen molar-refractivity contribution in [1.82, 2.24) is 9.80 Å². The number of hydrogen-bond acceptors (Lipinski definition) is 5. The number of rotatable bonds is 4. The van der Waals surface area contributed by atoms with Gasteiger partial charge >= 0.3 is 12.1 Å². The van der Waals surface area contributed by atoms with Crippen molar-refractivity contribution in [3.8, 4) is 0 Å². The number of nitrogens with zero attached hydrogens (tertiary/aromatic N) is 2. The molecule has 0 saturated carbocycles. The van der Waals surface area contributed by atoms with Crippen molar-refractivity contribution in [2.45, 2.75) is 26.1 Å². The molecule has 3 atom stereocenters. The third-order valence-corrected chi connectivity index (χ3v) is 6.18. The molecule has 0 bridgehead atoms. The predicted molar refractivity (Wildman–Crippen MR) is 103 cm³/mol. The molecule has 3 heterocycles. The molecule has 2 aliphatic heterocycles. The van der Waals surface area contributed by atoms with Crippen LogP contribution in [-0.2, 0) is 20.9 Å². The van der Waals surface area contributed by atoms with Gasteiger partial charge in [0.2, 0.25) is 5.91 Å². The lowest BCUT2D eigenvalue weighted by Gasteiger charge is -2.33. The zero-order valence-electron chi connectivity index (χ0n) is 16.7. The molecule has 2 aliphatic rings. The first-order valence-electron chi connectivity index (χ1n) is 9.33. The number of carbonyl (C=O) groups excluding carboxylic acids is 1. The zero-order valence-corrected chi connectivity index (χ0v) is 17.6. The van der Waals surface area contributed by atoms with Crippen LogP contribution in [0.15, 0.2) is 12.1 Å². The highest BCUT2D eigenvalue weighted by Crippen LogP contribution is 2.36. The van der Waals surface area contributed by atoms with Gasteiger partial charge in [-0.2, -0.15) is 13.2 Å². The molecule has 29 heavy (non-hydrogen) atoms. The molecule has 0 spiro atoms. The Morgan fingerprint density at radius 1 is 1.28 bits per heavy atom. The second-order valence-electron chi connectivity index (χ2n) is 7.72. The zero-order chi connectivity index (χ0) is 21.8. The van der Waals surface area contributed by atoms with E-state index in [0.717, 1.165) is 32.8 Å². The van der Waals surface area contributed by atoms with Crippen LogP contribution >= 0.6 is 11.3 Å². The van der Waals surface area contributed by atoms with E-state index in [0.29, 0.717) is 24.2 Å². The SMILES string of the molecule is Cc1ccc(CN2C[C@@H]3COC[C@@H](CC(=O)N(C)C)[C@@H]3C2)s1.O=C(O)C(F)(F)F. The Bertz CT molecular complexity index is 708. The van der Waals surface area contributed by atoms with Gasteiger partial charge in [-0.05, 0) is 36.8 Å². The van der Waals surface area contributed by atoms with E-state index in [4.69, 9.17) is 14.6 Å².